The van der Waals surface area contributed by atoms with Crippen LogP contribution in [0.2, 0.25) is 0 Å². The fourth-order valence-electron chi connectivity index (χ4n) is 2.30. The van der Waals surface area contributed by atoms with Gasteiger partial charge in [0.1, 0.15) is 0 Å². The van der Waals surface area contributed by atoms with Gasteiger partial charge in [-0.05, 0) is 18.2 Å². The Balaban J connectivity index is 0.00000176. The Hall–Kier alpha value is -1.83. The minimum absolute atomic E-state index is 0. The summed E-state index contributed by atoms with van der Waals surface area (Å²) in [4.78, 5) is 10.3. The second kappa shape index (κ2) is 7.44. The number of non-ortho nitro benzene ring substituents is 1. The highest BCUT2D eigenvalue weighted by Crippen LogP contribution is 2.20. The van der Waals surface area contributed by atoms with Crippen molar-refractivity contribution >= 4 is 5.69 Å². The van der Waals surface area contributed by atoms with E-state index in [1.165, 1.54) is 12.1 Å². The molecule has 3 rings (SSSR count). The molecule has 2 heterocycles. The van der Waals surface area contributed by atoms with Gasteiger partial charge < -0.3 is 26.5 Å². The number of nitro groups is 1. The van der Waals surface area contributed by atoms with Gasteiger partial charge in [-0.1, -0.05) is 0 Å². The molecule has 0 bridgehead atoms. The largest absolute Gasteiger partial charge is 1.00 e. The average molecular weight is 367 g/mol. The van der Waals surface area contributed by atoms with Crippen LogP contribution in [0.25, 0.3) is 0 Å². The lowest BCUT2D eigenvalue weighted by molar-refractivity contribution is -0.701. The first-order valence-electron chi connectivity index (χ1n) is 6.69. The van der Waals surface area contributed by atoms with Gasteiger partial charge in [0.2, 0.25) is 12.0 Å². The van der Waals surface area contributed by atoms with Crippen LogP contribution in [0.3, 0.4) is 0 Å². The summed E-state index contributed by atoms with van der Waals surface area (Å²) in [7, 11) is 0. The minimum Gasteiger partial charge on any atom is -1.00 e. The molecule has 1 aromatic carbocycles. The summed E-state index contributed by atoms with van der Waals surface area (Å²) in [5.74, 6) is 0. The summed E-state index contributed by atoms with van der Waals surface area (Å²) in [5, 5.41) is 10.7. The number of nitro benzene ring substituents is 1. The fraction of sp³-hybridized carbons (Fsp3) is 0.267. The molecule has 1 aromatic heterocycles. The van der Waals surface area contributed by atoms with Gasteiger partial charge in [-0.15, -0.1) is 0 Å². The van der Waals surface area contributed by atoms with Crippen molar-refractivity contribution in [1.29, 1.82) is 0 Å². The molecule has 116 valence electrons. The van der Waals surface area contributed by atoms with Crippen LogP contribution in [0.5, 0.6) is 0 Å². The molecular weight excluding hydrogens is 352 g/mol. The zero-order valence-electron chi connectivity index (χ0n) is 11.7. The van der Waals surface area contributed by atoms with Gasteiger partial charge in [-0.2, -0.15) is 4.57 Å². The molecule has 0 unspecified atom stereocenters. The number of benzene rings is 1. The van der Waals surface area contributed by atoms with E-state index in [0.717, 1.165) is 11.3 Å². The second-order valence-corrected chi connectivity index (χ2v) is 4.75. The van der Waals surface area contributed by atoms with E-state index in [1.807, 2.05) is 29.0 Å². The Kier molecular flexibility index (Phi) is 5.59. The van der Waals surface area contributed by atoms with E-state index in [0.29, 0.717) is 19.8 Å². The van der Waals surface area contributed by atoms with Crippen molar-refractivity contribution in [1.82, 2.24) is 0 Å². The van der Waals surface area contributed by atoms with Crippen LogP contribution in [0.15, 0.2) is 48.7 Å². The number of rotatable bonds is 4. The fourth-order valence-corrected chi connectivity index (χ4v) is 2.30. The molecule has 7 heteroatoms. The van der Waals surface area contributed by atoms with Crippen molar-refractivity contribution in [2.75, 3.05) is 13.2 Å². The highest BCUT2D eigenvalue weighted by Gasteiger charge is 2.27. The van der Waals surface area contributed by atoms with Crippen LogP contribution in [-0.4, -0.2) is 18.1 Å². The predicted octanol–water partition coefficient (Wildman–Crippen LogP) is -1.02. The molecule has 0 N–H and O–H groups in total. The Bertz CT molecular complexity index is 642. The lowest BCUT2D eigenvalue weighted by Gasteiger charge is -2.08. The molecule has 0 radical (unpaired) electrons. The van der Waals surface area contributed by atoms with Crippen molar-refractivity contribution in [2.24, 2.45) is 0 Å². The Morgan fingerprint density at radius 3 is 2.45 bits per heavy atom. The van der Waals surface area contributed by atoms with Crippen LogP contribution in [0.1, 0.15) is 17.5 Å². The number of pyridine rings is 1. The van der Waals surface area contributed by atoms with Crippen LogP contribution in [0.4, 0.5) is 5.69 Å². The third-order valence-electron chi connectivity index (χ3n) is 3.34. The standard InChI is InChI=1S/C15H15N2O4.BrH/c18-17(19)13-6-4-12(5-7-13)11-16-8-2-1-3-14(16)15-20-9-10-21-15;/h1-8,15H,9-11H2;1H/q+1;/p-1. The molecule has 22 heavy (non-hydrogen) atoms. The molecule has 1 aliphatic heterocycles. The number of hydrogen-bond donors (Lipinski definition) is 0. The highest BCUT2D eigenvalue weighted by atomic mass is 79.9. The van der Waals surface area contributed by atoms with Crippen LogP contribution >= 0.6 is 0 Å². The summed E-state index contributed by atoms with van der Waals surface area (Å²) >= 11 is 0. The Morgan fingerprint density at radius 1 is 1.14 bits per heavy atom. The third kappa shape index (κ3) is 3.68. The van der Waals surface area contributed by atoms with Crippen molar-refractivity contribution in [3.63, 3.8) is 0 Å². The van der Waals surface area contributed by atoms with E-state index >= 15 is 0 Å². The van der Waals surface area contributed by atoms with Crippen LogP contribution < -0.4 is 21.5 Å². The normalized spacial score (nSPS) is 14.5. The summed E-state index contributed by atoms with van der Waals surface area (Å²) in [6.07, 6.45) is 1.60. The van der Waals surface area contributed by atoms with Gasteiger partial charge >= 0.3 is 0 Å². The molecule has 1 saturated heterocycles. The molecule has 6 nitrogen and oxygen atoms in total. The van der Waals surface area contributed by atoms with Gasteiger partial charge in [0, 0.05) is 29.8 Å². The van der Waals surface area contributed by atoms with E-state index in [2.05, 4.69) is 0 Å². The van der Waals surface area contributed by atoms with Gasteiger partial charge in [-0.3, -0.25) is 10.1 Å². The van der Waals surface area contributed by atoms with Crippen molar-refractivity contribution in [3.8, 4) is 0 Å². The molecule has 0 saturated carbocycles. The summed E-state index contributed by atoms with van der Waals surface area (Å²) in [5.41, 5.74) is 2.02. The highest BCUT2D eigenvalue weighted by molar-refractivity contribution is 5.32. The molecular formula is C15H15BrN2O4. The molecule has 2 aromatic rings. The summed E-state index contributed by atoms with van der Waals surface area (Å²) < 4.78 is 13.1. The topological polar surface area (TPSA) is 65.5 Å². The first-order chi connectivity index (χ1) is 10.2. The number of hydrogen-bond acceptors (Lipinski definition) is 4. The lowest BCUT2D eigenvalue weighted by Crippen LogP contribution is -3.00. The van der Waals surface area contributed by atoms with E-state index in [4.69, 9.17) is 9.47 Å². The summed E-state index contributed by atoms with van der Waals surface area (Å²) in [6, 6.07) is 12.4. The molecule has 0 aliphatic carbocycles. The van der Waals surface area contributed by atoms with E-state index in [9.17, 15) is 10.1 Å². The number of aromatic nitrogens is 1. The predicted molar refractivity (Wildman–Crippen MR) is 73.5 cm³/mol. The monoisotopic (exact) mass is 366 g/mol. The molecule has 0 spiro atoms. The first-order valence-corrected chi connectivity index (χ1v) is 6.69. The smallest absolute Gasteiger partial charge is 0.269 e. The SMILES string of the molecule is O=[N+]([O-])c1ccc(C[n+]2ccccc2C2OCCO2)cc1.[Br-]. The number of ether oxygens (including phenoxy) is 2. The molecule has 0 atom stereocenters. The quantitative estimate of drug-likeness (QED) is 0.394. The second-order valence-electron chi connectivity index (χ2n) is 4.75. The number of nitrogens with zero attached hydrogens (tertiary/aromatic N) is 2. The molecule has 0 amide bonds. The Labute approximate surface area is 138 Å². The van der Waals surface area contributed by atoms with Gasteiger partial charge in [-0.25, -0.2) is 0 Å². The van der Waals surface area contributed by atoms with E-state index < -0.39 is 4.92 Å². The lowest BCUT2D eigenvalue weighted by atomic mass is 10.2. The van der Waals surface area contributed by atoms with Crippen molar-refractivity contribution in [3.05, 3.63) is 70.0 Å². The van der Waals surface area contributed by atoms with Crippen LogP contribution in [0, 0.1) is 10.1 Å². The maximum absolute atomic E-state index is 10.7. The van der Waals surface area contributed by atoms with Gasteiger partial charge in [0.05, 0.1) is 18.1 Å². The Morgan fingerprint density at radius 2 is 1.82 bits per heavy atom. The van der Waals surface area contributed by atoms with Crippen molar-refractivity contribution < 1.29 is 35.9 Å². The van der Waals surface area contributed by atoms with Crippen LogP contribution in [-0.2, 0) is 16.0 Å². The number of halogens is 1. The zero-order valence-corrected chi connectivity index (χ0v) is 13.3. The summed E-state index contributed by atoms with van der Waals surface area (Å²) in [6.45, 7) is 1.80. The van der Waals surface area contributed by atoms with Crippen molar-refractivity contribution in [2.45, 2.75) is 12.8 Å². The van der Waals surface area contributed by atoms with Gasteiger partial charge in [0.25, 0.3) is 5.69 Å². The zero-order chi connectivity index (χ0) is 14.7. The minimum atomic E-state index is -0.398. The van der Waals surface area contributed by atoms with E-state index in [1.54, 1.807) is 12.1 Å². The maximum Gasteiger partial charge on any atom is 0.269 e. The molecule has 1 fully saturated rings. The van der Waals surface area contributed by atoms with E-state index in [-0.39, 0.29) is 29.0 Å². The average Bonchev–Trinajstić information content (AvgIpc) is 3.02. The third-order valence-corrected chi connectivity index (χ3v) is 3.34. The maximum atomic E-state index is 10.7. The first kappa shape index (κ1) is 16.5. The molecule has 1 aliphatic rings. The van der Waals surface area contributed by atoms with Gasteiger partial charge in [0.15, 0.2) is 12.7 Å².